The van der Waals surface area contributed by atoms with Gasteiger partial charge in [0.15, 0.2) is 5.78 Å². The molecule has 0 atom stereocenters. The molecule has 106 valence electrons. The molecule has 0 aliphatic rings. The predicted molar refractivity (Wildman–Crippen MR) is 82.0 cm³/mol. The quantitative estimate of drug-likeness (QED) is 0.785. The van der Waals surface area contributed by atoms with Gasteiger partial charge in [-0.3, -0.25) is 4.79 Å². The highest BCUT2D eigenvalue weighted by molar-refractivity contribution is 9.10. The maximum Gasteiger partial charge on any atom is 0.170 e. The van der Waals surface area contributed by atoms with Crippen LogP contribution >= 0.6 is 15.9 Å². The highest BCUT2D eigenvalue weighted by atomic mass is 79.9. The topological polar surface area (TPSA) is 47.8 Å². The minimum atomic E-state index is 0.0778. The first-order chi connectivity index (χ1) is 9.52. The number of ketones is 1. The van der Waals surface area contributed by atoms with Crippen molar-refractivity contribution >= 4 is 21.7 Å². The standard InChI is InChI=1S/C15H18BrN3O/c1-4-5-19-14(17-9-18-19)8-13(20)12-6-10(2)15(16)11(3)7-12/h6-7,9H,4-5,8H2,1-3H3. The molecule has 0 bridgehead atoms. The van der Waals surface area contributed by atoms with Gasteiger partial charge in [0.2, 0.25) is 0 Å². The lowest BCUT2D eigenvalue weighted by molar-refractivity contribution is 0.0989. The number of aromatic nitrogens is 3. The number of carbonyl (C=O) groups is 1. The number of aryl methyl sites for hydroxylation is 3. The van der Waals surface area contributed by atoms with Gasteiger partial charge in [0.1, 0.15) is 12.2 Å². The largest absolute Gasteiger partial charge is 0.294 e. The molecule has 0 aliphatic heterocycles. The summed E-state index contributed by atoms with van der Waals surface area (Å²) in [6, 6.07) is 3.83. The molecule has 1 aromatic heterocycles. The average molecular weight is 336 g/mol. The third kappa shape index (κ3) is 3.15. The van der Waals surface area contributed by atoms with E-state index in [4.69, 9.17) is 0 Å². The first-order valence-electron chi connectivity index (χ1n) is 6.69. The lowest BCUT2D eigenvalue weighted by Gasteiger charge is -2.08. The zero-order valence-electron chi connectivity index (χ0n) is 12.0. The normalized spacial score (nSPS) is 10.8. The number of hydrogen-bond donors (Lipinski definition) is 0. The van der Waals surface area contributed by atoms with E-state index in [0.717, 1.165) is 40.0 Å². The summed E-state index contributed by atoms with van der Waals surface area (Å²) in [7, 11) is 0. The minimum absolute atomic E-state index is 0.0778. The van der Waals surface area contributed by atoms with Crippen LogP contribution in [0.3, 0.4) is 0 Å². The van der Waals surface area contributed by atoms with Gasteiger partial charge < -0.3 is 0 Å². The van der Waals surface area contributed by atoms with Crippen molar-refractivity contribution in [3.05, 3.63) is 45.4 Å². The summed E-state index contributed by atoms with van der Waals surface area (Å²) >= 11 is 3.52. The van der Waals surface area contributed by atoms with Crippen molar-refractivity contribution in [3.63, 3.8) is 0 Å². The van der Waals surface area contributed by atoms with Gasteiger partial charge in [0.25, 0.3) is 0 Å². The van der Waals surface area contributed by atoms with Crippen LogP contribution in [0.4, 0.5) is 0 Å². The molecular weight excluding hydrogens is 318 g/mol. The molecule has 1 aromatic carbocycles. The average Bonchev–Trinajstić information content (AvgIpc) is 2.83. The van der Waals surface area contributed by atoms with Crippen molar-refractivity contribution in [3.8, 4) is 0 Å². The summed E-state index contributed by atoms with van der Waals surface area (Å²) in [5.41, 5.74) is 2.88. The summed E-state index contributed by atoms with van der Waals surface area (Å²) < 4.78 is 2.86. The Kier molecular flexibility index (Phi) is 4.70. The number of halogens is 1. The summed E-state index contributed by atoms with van der Waals surface area (Å²) in [6.45, 7) is 6.86. The summed E-state index contributed by atoms with van der Waals surface area (Å²) in [5, 5.41) is 4.15. The van der Waals surface area contributed by atoms with Gasteiger partial charge in [-0.25, -0.2) is 9.67 Å². The Labute approximate surface area is 127 Å². The number of benzene rings is 1. The smallest absolute Gasteiger partial charge is 0.170 e. The Morgan fingerprint density at radius 3 is 2.55 bits per heavy atom. The van der Waals surface area contributed by atoms with Gasteiger partial charge in [-0.1, -0.05) is 22.9 Å². The summed E-state index contributed by atoms with van der Waals surface area (Å²) in [6.07, 6.45) is 2.78. The van der Waals surface area contributed by atoms with Crippen LogP contribution in [-0.2, 0) is 13.0 Å². The van der Waals surface area contributed by atoms with E-state index in [1.54, 1.807) is 4.68 Å². The van der Waals surface area contributed by atoms with E-state index in [0.29, 0.717) is 6.42 Å². The molecule has 0 fully saturated rings. The molecule has 0 saturated heterocycles. The fraction of sp³-hybridized carbons (Fsp3) is 0.400. The van der Waals surface area contributed by atoms with E-state index < -0.39 is 0 Å². The van der Waals surface area contributed by atoms with Crippen molar-refractivity contribution in [2.75, 3.05) is 0 Å². The van der Waals surface area contributed by atoms with Gasteiger partial charge in [-0.05, 0) is 43.5 Å². The second-order valence-corrected chi connectivity index (χ2v) is 5.72. The monoisotopic (exact) mass is 335 g/mol. The van der Waals surface area contributed by atoms with Crippen LogP contribution in [0.5, 0.6) is 0 Å². The van der Waals surface area contributed by atoms with E-state index in [2.05, 4.69) is 32.9 Å². The lowest BCUT2D eigenvalue weighted by Crippen LogP contribution is -2.12. The van der Waals surface area contributed by atoms with Crippen LogP contribution < -0.4 is 0 Å². The Morgan fingerprint density at radius 2 is 1.95 bits per heavy atom. The molecule has 2 rings (SSSR count). The van der Waals surface area contributed by atoms with Gasteiger partial charge in [-0.15, -0.1) is 0 Å². The van der Waals surface area contributed by atoms with Crippen LogP contribution in [0.25, 0.3) is 0 Å². The van der Waals surface area contributed by atoms with Crippen LogP contribution in [-0.4, -0.2) is 20.5 Å². The maximum absolute atomic E-state index is 12.4. The Morgan fingerprint density at radius 1 is 1.30 bits per heavy atom. The van der Waals surface area contributed by atoms with Crippen molar-refractivity contribution in [2.45, 2.75) is 40.2 Å². The van der Waals surface area contributed by atoms with Crippen molar-refractivity contribution in [2.24, 2.45) is 0 Å². The molecule has 0 amide bonds. The molecule has 1 heterocycles. The molecule has 0 aliphatic carbocycles. The fourth-order valence-corrected chi connectivity index (χ4v) is 2.41. The van der Waals surface area contributed by atoms with Crippen molar-refractivity contribution < 1.29 is 4.79 Å². The van der Waals surface area contributed by atoms with Gasteiger partial charge in [0, 0.05) is 16.6 Å². The molecule has 0 radical (unpaired) electrons. The van der Waals surface area contributed by atoms with Crippen LogP contribution in [0.15, 0.2) is 22.9 Å². The number of hydrogen-bond acceptors (Lipinski definition) is 3. The molecule has 2 aromatic rings. The maximum atomic E-state index is 12.4. The highest BCUT2D eigenvalue weighted by Gasteiger charge is 2.14. The van der Waals surface area contributed by atoms with E-state index in [1.807, 2.05) is 26.0 Å². The second-order valence-electron chi connectivity index (χ2n) is 4.92. The molecule has 5 heteroatoms. The molecule has 0 unspecified atom stereocenters. The van der Waals surface area contributed by atoms with E-state index >= 15 is 0 Å². The van der Waals surface area contributed by atoms with E-state index in [1.165, 1.54) is 6.33 Å². The van der Waals surface area contributed by atoms with Gasteiger partial charge in [0.05, 0.1) is 6.42 Å². The van der Waals surface area contributed by atoms with Gasteiger partial charge >= 0.3 is 0 Å². The fourth-order valence-electron chi connectivity index (χ4n) is 2.18. The summed E-state index contributed by atoms with van der Waals surface area (Å²) in [5.74, 6) is 0.809. The third-order valence-corrected chi connectivity index (χ3v) is 4.46. The van der Waals surface area contributed by atoms with Gasteiger partial charge in [-0.2, -0.15) is 5.10 Å². The van der Waals surface area contributed by atoms with E-state index in [-0.39, 0.29) is 5.78 Å². The van der Waals surface area contributed by atoms with Crippen LogP contribution in [0, 0.1) is 13.8 Å². The Bertz CT molecular complexity index is 611. The molecule has 20 heavy (non-hydrogen) atoms. The zero-order chi connectivity index (χ0) is 14.7. The lowest BCUT2D eigenvalue weighted by atomic mass is 10.0. The molecule has 0 saturated carbocycles. The highest BCUT2D eigenvalue weighted by Crippen LogP contribution is 2.23. The van der Waals surface area contributed by atoms with Crippen molar-refractivity contribution in [1.82, 2.24) is 14.8 Å². The molecule has 0 N–H and O–H groups in total. The first-order valence-corrected chi connectivity index (χ1v) is 7.48. The van der Waals surface area contributed by atoms with E-state index in [9.17, 15) is 4.79 Å². The SMILES string of the molecule is CCCn1ncnc1CC(=O)c1cc(C)c(Br)c(C)c1. The molecule has 4 nitrogen and oxygen atoms in total. The second kappa shape index (κ2) is 6.31. The Balaban J connectivity index is 2.22. The summed E-state index contributed by atoms with van der Waals surface area (Å²) in [4.78, 5) is 16.6. The number of nitrogens with zero attached hydrogens (tertiary/aromatic N) is 3. The van der Waals surface area contributed by atoms with Crippen LogP contribution in [0.2, 0.25) is 0 Å². The zero-order valence-corrected chi connectivity index (χ0v) is 13.6. The number of rotatable bonds is 5. The number of Topliss-reactive ketones (excluding diaryl/α,β-unsaturated/α-hetero) is 1. The number of carbonyl (C=O) groups excluding carboxylic acids is 1. The molecular formula is C15H18BrN3O. The van der Waals surface area contributed by atoms with Crippen LogP contribution in [0.1, 0.15) is 40.7 Å². The first kappa shape index (κ1) is 14.9. The Hall–Kier alpha value is -1.49. The van der Waals surface area contributed by atoms with Crippen molar-refractivity contribution in [1.29, 1.82) is 0 Å². The minimum Gasteiger partial charge on any atom is -0.294 e. The predicted octanol–water partition coefficient (Wildman–Crippen LogP) is 3.49. The molecule has 0 spiro atoms. The third-order valence-electron chi connectivity index (χ3n) is 3.21.